The van der Waals surface area contributed by atoms with Crippen LogP contribution in [0.15, 0.2) is 43.9 Å². The summed E-state index contributed by atoms with van der Waals surface area (Å²) in [7, 11) is -3.82. The second-order valence-corrected chi connectivity index (χ2v) is 7.93. The van der Waals surface area contributed by atoms with Crippen LogP contribution in [0.3, 0.4) is 0 Å². The molecule has 1 aromatic heterocycles. The van der Waals surface area contributed by atoms with E-state index in [9.17, 15) is 8.42 Å². The number of nitrogens with zero attached hydrogens (tertiary/aromatic N) is 3. The van der Waals surface area contributed by atoms with Gasteiger partial charge >= 0.3 is 0 Å². The second-order valence-electron chi connectivity index (χ2n) is 5.49. The summed E-state index contributed by atoms with van der Waals surface area (Å²) in [5.74, 6) is 0.0403. The summed E-state index contributed by atoms with van der Waals surface area (Å²) in [4.78, 5) is 8.21. The Bertz CT molecular complexity index is 898. The maximum Gasteiger partial charge on any atom is 0.283 e. The van der Waals surface area contributed by atoms with Crippen LogP contribution in [-0.2, 0) is 16.4 Å². The molecule has 9 nitrogen and oxygen atoms in total. The molecule has 0 aliphatic carbocycles. The number of guanidine groups is 1. The van der Waals surface area contributed by atoms with Crippen molar-refractivity contribution in [2.45, 2.75) is 30.6 Å². The first-order valence-corrected chi connectivity index (χ1v) is 10.1. The van der Waals surface area contributed by atoms with Gasteiger partial charge in [-0.2, -0.15) is 13.4 Å². The van der Waals surface area contributed by atoms with Crippen molar-refractivity contribution in [2.75, 3.05) is 5.73 Å². The lowest BCUT2D eigenvalue weighted by atomic mass is 10.1. The summed E-state index contributed by atoms with van der Waals surface area (Å²) in [6.45, 7) is 0. The van der Waals surface area contributed by atoms with Crippen LogP contribution < -0.4 is 22.9 Å². The zero-order valence-electron chi connectivity index (χ0n) is 14.0. The molecule has 2 aromatic rings. The van der Waals surface area contributed by atoms with Crippen molar-refractivity contribution in [3.8, 4) is 0 Å². The topological polar surface area (TPSA) is 176 Å². The molecule has 0 aliphatic heterocycles. The number of nitrogens with two attached hydrogens (primary N) is 4. The molecule has 0 spiro atoms. The Balaban J connectivity index is 1.85. The van der Waals surface area contributed by atoms with Gasteiger partial charge < -0.3 is 22.9 Å². The Morgan fingerprint density at radius 2 is 1.81 bits per heavy atom. The normalized spacial score (nSPS) is 12.1. The highest BCUT2D eigenvalue weighted by Gasteiger charge is 2.13. The monoisotopic (exact) mass is 395 g/mol. The van der Waals surface area contributed by atoms with E-state index in [-0.39, 0.29) is 16.7 Å². The minimum absolute atomic E-state index is 0.0304. The SMILES string of the molecule is NC(N)=Nc1nc(CCCCC(N)=NS(=O)(=O)c2ccc(N)cc2)cs1. The fourth-order valence-corrected chi connectivity index (χ4v) is 3.80. The predicted octanol–water partition coefficient (Wildman–Crippen LogP) is 1.09. The van der Waals surface area contributed by atoms with Crippen LogP contribution in [0.25, 0.3) is 0 Å². The molecule has 0 aliphatic rings. The van der Waals surface area contributed by atoms with E-state index in [0.29, 0.717) is 30.1 Å². The summed E-state index contributed by atoms with van der Waals surface area (Å²) in [5.41, 5.74) is 23.3. The summed E-state index contributed by atoms with van der Waals surface area (Å²) >= 11 is 1.35. The van der Waals surface area contributed by atoms with Gasteiger partial charge in [-0.3, -0.25) is 0 Å². The number of hydrogen-bond acceptors (Lipinski definition) is 6. The van der Waals surface area contributed by atoms with Crippen molar-refractivity contribution in [1.82, 2.24) is 4.98 Å². The van der Waals surface area contributed by atoms with E-state index in [1.807, 2.05) is 5.38 Å². The zero-order chi connectivity index (χ0) is 19.2. The Morgan fingerprint density at radius 3 is 2.46 bits per heavy atom. The van der Waals surface area contributed by atoms with Crippen molar-refractivity contribution in [3.63, 3.8) is 0 Å². The lowest BCUT2D eigenvalue weighted by Gasteiger charge is -2.03. The summed E-state index contributed by atoms with van der Waals surface area (Å²) in [5, 5.41) is 2.39. The fourth-order valence-electron chi connectivity index (χ4n) is 2.08. The third-order valence-electron chi connectivity index (χ3n) is 3.30. The van der Waals surface area contributed by atoms with E-state index in [2.05, 4.69) is 14.4 Å². The smallest absolute Gasteiger partial charge is 0.283 e. The first kappa shape index (κ1) is 19.7. The average Bonchev–Trinajstić information content (AvgIpc) is 2.98. The number of hydrogen-bond donors (Lipinski definition) is 4. The highest BCUT2D eigenvalue weighted by Crippen LogP contribution is 2.20. The number of unbranched alkanes of at least 4 members (excludes halogenated alkanes) is 1. The van der Waals surface area contributed by atoms with Gasteiger partial charge in [0.2, 0.25) is 5.13 Å². The van der Waals surface area contributed by atoms with Gasteiger partial charge in [0.05, 0.1) is 10.6 Å². The van der Waals surface area contributed by atoms with E-state index in [1.165, 1.54) is 35.6 Å². The standard InChI is InChI=1S/C15H21N7O2S2/c16-10-5-7-12(8-6-10)26(23,24)22-13(17)4-2-1-3-11-9-25-15(20-11)21-14(18)19/h5-9H,1-4,16H2,(H2,17,22)(H4,18,19,20,21). The van der Waals surface area contributed by atoms with Crippen molar-refractivity contribution in [2.24, 2.45) is 26.6 Å². The number of aliphatic imine (C=N–C) groups is 1. The number of sulfonamides is 1. The van der Waals surface area contributed by atoms with E-state index in [1.54, 1.807) is 0 Å². The largest absolute Gasteiger partial charge is 0.399 e. The summed E-state index contributed by atoms with van der Waals surface area (Å²) in [6.07, 6.45) is 2.55. The summed E-state index contributed by atoms with van der Waals surface area (Å²) < 4.78 is 28.0. The van der Waals surface area contributed by atoms with Crippen LogP contribution in [0.2, 0.25) is 0 Å². The predicted molar refractivity (Wildman–Crippen MR) is 105 cm³/mol. The highest BCUT2D eigenvalue weighted by molar-refractivity contribution is 7.90. The number of nitrogen functional groups attached to an aromatic ring is 1. The van der Waals surface area contributed by atoms with Crippen LogP contribution in [0.1, 0.15) is 25.0 Å². The lowest BCUT2D eigenvalue weighted by molar-refractivity contribution is 0.597. The molecule has 0 saturated carbocycles. The number of aromatic nitrogens is 1. The average molecular weight is 396 g/mol. The maximum atomic E-state index is 12.1. The van der Waals surface area contributed by atoms with Gasteiger partial charge in [-0.1, -0.05) is 0 Å². The number of anilines is 1. The van der Waals surface area contributed by atoms with Crippen LogP contribution in [0, 0.1) is 0 Å². The minimum atomic E-state index is -3.82. The maximum absolute atomic E-state index is 12.1. The Labute approximate surface area is 155 Å². The first-order chi connectivity index (χ1) is 12.3. The molecule has 1 heterocycles. The third kappa shape index (κ3) is 6.01. The van der Waals surface area contributed by atoms with Crippen LogP contribution in [-0.4, -0.2) is 25.2 Å². The number of aryl methyl sites for hydroxylation is 1. The second kappa shape index (κ2) is 8.63. The van der Waals surface area contributed by atoms with E-state index < -0.39 is 10.0 Å². The van der Waals surface area contributed by atoms with Crippen LogP contribution in [0.4, 0.5) is 10.8 Å². The molecule has 140 valence electrons. The van der Waals surface area contributed by atoms with Gasteiger partial charge in [0.25, 0.3) is 10.0 Å². The molecule has 2 rings (SSSR count). The van der Waals surface area contributed by atoms with Gasteiger partial charge in [-0.25, -0.2) is 4.98 Å². The quantitative estimate of drug-likeness (QED) is 0.224. The number of thiazole rings is 1. The molecule has 0 amide bonds. The van der Waals surface area contributed by atoms with Gasteiger partial charge in [0.15, 0.2) is 5.96 Å². The number of benzene rings is 1. The van der Waals surface area contributed by atoms with E-state index >= 15 is 0 Å². The molecular weight excluding hydrogens is 374 g/mol. The van der Waals surface area contributed by atoms with Gasteiger partial charge in [-0.05, 0) is 43.5 Å². The molecule has 0 radical (unpaired) electrons. The van der Waals surface area contributed by atoms with Gasteiger partial charge in [-0.15, -0.1) is 15.7 Å². The van der Waals surface area contributed by atoms with Crippen LogP contribution in [0.5, 0.6) is 0 Å². The zero-order valence-corrected chi connectivity index (χ0v) is 15.6. The van der Waals surface area contributed by atoms with Crippen molar-refractivity contribution in [3.05, 3.63) is 35.3 Å². The van der Waals surface area contributed by atoms with Crippen molar-refractivity contribution >= 4 is 44.0 Å². The molecule has 26 heavy (non-hydrogen) atoms. The molecule has 0 atom stereocenters. The molecule has 0 fully saturated rings. The van der Waals surface area contributed by atoms with E-state index in [4.69, 9.17) is 22.9 Å². The van der Waals surface area contributed by atoms with Crippen molar-refractivity contribution < 1.29 is 8.42 Å². The van der Waals surface area contributed by atoms with Gasteiger partial charge in [0.1, 0.15) is 5.84 Å². The summed E-state index contributed by atoms with van der Waals surface area (Å²) in [6, 6.07) is 5.81. The molecule has 0 bridgehead atoms. The van der Waals surface area contributed by atoms with Crippen LogP contribution >= 0.6 is 11.3 Å². The molecule has 8 N–H and O–H groups in total. The number of amidine groups is 1. The fraction of sp³-hybridized carbons (Fsp3) is 0.267. The van der Waals surface area contributed by atoms with Gasteiger partial charge in [0, 0.05) is 17.5 Å². The van der Waals surface area contributed by atoms with Crippen molar-refractivity contribution in [1.29, 1.82) is 0 Å². The molecule has 11 heteroatoms. The third-order valence-corrected chi connectivity index (χ3v) is 5.42. The molecular formula is C15H21N7O2S2. The molecule has 1 aromatic carbocycles. The Hall–Kier alpha value is -2.66. The minimum Gasteiger partial charge on any atom is -0.399 e. The highest BCUT2D eigenvalue weighted by atomic mass is 32.2. The van der Waals surface area contributed by atoms with E-state index in [0.717, 1.165) is 12.1 Å². The Morgan fingerprint density at radius 1 is 1.12 bits per heavy atom. The number of rotatable bonds is 8. The first-order valence-electron chi connectivity index (χ1n) is 7.75. The lowest BCUT2D eigenvalue weighted by Crippen LogP contribution is -2.21. The molecule has 0 saturated heterocycles. The molecule has 0 unspecified atom stereocenters. The Kier molecular flexibility index (Phi) is 6.52.